The molecule has 0 spiro atoms. The first kappa shape index (κ1) is 35.3. The highest BCUT2D eigenvalue weighted by molar-refractivity contribution is 5.94. The summed E-state index contributed by atoms with van der Waals surface area (Å²) in [5.41, 5.74) is -0.924. The highest BCUT2D eigenvalue weighted by Gasteiger charge is 2.48. The lowest BCUT2D eigenvalue weighted by atomic mass is 9.85. The van der Waals surface area contributed by atoms with Gasteiger partial charge >= 0.3 is 5.97 Å². The Kier molecular flexibility index (Phi) is 10.7. The van der Waals surface area contributed by atoms with Gasteiger partial charge in [-0.3, -0.25) is 19.3 Å². The van der Waals surface area contributed by atoms with E-state index in [0.29, 0.717) is 26.0 Å². The highest BCUT2D eigenvalue weighted by Crippen LogP contribution is 2.44. The van der Waals surface area contributed by atoms with Crippen LogP contribution in [0.5, 0.6) is 5.75 Å². The van der Waals surface area contributed by atoms with Crippen molar-refractivity contribution in [2.24, 2.45) is 0 Å². The Morgan fingerprint density at radius 1 is 0.979 bits per heavy atom. The van der Waals surface area contributed by atoms with Gasteiger partial charge in [0.25, 0.3) is 0 Å². The molecule has 0 radical (unpaired) electrons. The lowest BCUT2D eigenvalue weighted by Crippen LogP contribution is -2.61. The number of amides is 1. The molecule has 12 heteroatoms. The van der Waals surface area contributed by atoms with Gasteiger partial charge in [-0.2, -0.15) is 8.78 Å². The number of nitrogens with zero attached hydrogens (tertiary/aromatic N) is 1. The predicted molar refractivity (Wildman–Crippen MR) is 169 cm³/mol. The fourth-order valence-electron chi connectivity index (χ4n) is 6.56. The number of likely N-dealkylation sites (tertiary alicyclic amines) is 1. The average Bonchev–Trinajstić information content (AvgIpc) is 3.06. The van der Waals surface area contributed by atoms with E-state index in [-0.39, 0.29) is 6.07 Å². The second-order valence-electron chi connectivity index (χ2n) is 13.2. The Labute approximate surface area is 276 Å². The van der Waals surface area contributed by atoms with Gasteiger partial charge in [-0.15, -0.1) is 0 Å². The van der Waals surface area contributed by atoms with Gasteiger partial charge in [0.05, 0.1) is 12.5 Å². The second kappa shape index (κ2) is 14.6. The van der Waals surface area contributed by atoms with Crippen molar-refractivity contribution in [2.75, 3.05) is 19.8 Å². The van der Waals surface area contributed by atoms with Crippen LogP contribution in [-0.4, -0.2) is 60.0 Å². The maximum atomic E-state index is 14.3. The molecule has 1 amide bonds. The highest BCUT2D eigenvalue weighted by atomic mass is 19.2. The van der Waals surface area contributed by atoms with E-state index in [0.717, 1.165) is 42.0 Å². The van der Waals surface area contributed by atoms with Crippen LogP contribution in [0.1, 0.15) is 71.3 Å². The van der Waals surface area contributed by atoms with Crippen LogP contribution in [0.25, 0.3) is 10.8 Å². The van der Waals surface area contributed by atoms with Crippen molar-refractivity contribution in [2.45, 2.75) is 89.1 Å². The van der Waals surface area contributed by atoms with Gasteiger partial charge < -0.3 is 19.5 Å². The molecule has 2 heterocycles. The van der Waals surface area contributed by atoms with Gasteiger partial charge in [-0.1, -0.05) is 48.9 Å². The molecule has 5 rings (SSSR count). The number of esters is 1. The number of rotatable bonds is 10. The summed E-state index contributed by atoms with van der Waals surface area (Å²) in [5, 5.41) is 4.68. The number of fused-ring (bicyclic) bond motifs is 1. The number of halogens is 4. The number of carbonyl (C=O) groups is 3. The number of piperidine rings is 1. The number of benzene rings is 3. The van der Waals surface area contributed by atoms with E-state index in [1.807, 2.05) is 47.4 Å². The van der Waals surface area contributed by atoms with Gasteiger partial charge in [0.2, 0.25) is 17.5 Å². The van der Waals surface area contributed by atoms with E-state index in [1.165, 1.54) is 0 Å². The zero-order valence-electron chi connectivity index (χ0n) is 27.3. The number of ether oxygens (including phenoxy) is 3. The fraction of sp³-hybridized carbons (Fsp3) is 0.472. The van der Waals surface area contributed by atoms with E-state index >= 15 is 0 Å². The lowest BCUT2D eigenvalue weighted by Gasteiger charge is -2.51. The third kappa shape index (κ3) is 7.65. The van der Waals surface area contributed by atoms with E-state index in [1.54, 1.807) is 20.8 Å². The molecule has 3 atom stereocenters. The largest absolute Gasteiger partial charge is 0.479 e. The smallest absolute Gasteiger partial charge is 0.308 e. The molecule has 0 bridgehead atoms. The van der Waals surface area contributed by atoms with Crippen LogP contribution in [0, 0.1) is 23.3 Å². The molecule has 3 aromatic carbocycles. The summed E-state index contributed by atoms with van der Waals surface area (Å²) in [6.07, 6.45) is 3.68. The van der Waals surface area contributed by atoms with Crippen LogP contribution in [0.3, 0.4) is 0 Å². The number of nitrogens with one attached hydrogen (secondary N) is 1. The molecule has 0 aliphatic carbocycles. The average molecular weight is 673 g/mol. The summed E-state index contributed by atoms with van der Waals surface area (Å²) < 4.78 is 72.9. The number of hydrogen-bond donors (Lipinski definition) is 1. The molecule has 2 saturated heterocycles. The molecular weight excluding hydrogens is 632 g/mol. The summed E-state index contributed by atoms with van der Waals surface area (Å²) in [6, 6.07) is 11.6. The Bertz CT molecular complexity index is 1640. The third-order valence-corrected chi connectivity index (χ3v) is 8.66. The van der Waals surface area contributed by atoms with Crippen LogP contribution in [0.4, 0.5) is 17.6 Å². The topological polar surface area (TPSA) is 94.2 Å². The standard InChI is InChI=1S/C36H40F4N2O6/c1-35(2,3)48-30(44)20-27(29(43)21-46-33-31(39)25(37)19-26(38)32(33)40)41-34(45)28-15-6-8-17-42(28)36(16-7-9-18-47-36)24-14-10-12-22-11-4-5-13-23(22)24/h4-5,10-14,19,27-28H,6-9,15-18,20-21H2,1-3H3,(H,41,45)/t27-,28-,36?/m0/s1. The second-order valence-corrected chi connectivity index (χ2v) is 13.2. The number of ketones is 1. The summed E-state index contributed by atoms with van der Waals surface area (Å²) in [5.74, 6) is -10.8. The van der Waals surface area contributed by atoms with Crippen LogP contribution >= 0.6 is 0 Å². The SMILES string of the molecule is CC(C)(C)OC(=O)C[C@H](NC(=O)[C@@H]1CCCCN1C1(c2cccc3ccccc23)CCCCO1)C(=O)COc1c(F)c(F)cc(F)c1F. The Morgan fingerprint density at radius 3 is 2.38 bits per heavy atom. The first-order valence-electron chi connectivity index (χ1n) is 16.2. The van der Waals surface area contributed by atoms with Crippen molar-refractivity contribution in [3.05, 3.63) is 77.4 Å². The van der Waals surface area contributed by atoms with Crippen molar-refractivity contribution in [1.82, 2.24) is 10.2 Å². The molecule has 258 valence electrons. The van der Waals surface area contributed by atoms with E-state index < -0.39 is 83.1 Å². The number of carbonyl (C=O) groups excluding carboxylic acids is 3. The molecule has 1 N–H and O–H groups in total. The minimum absolute atomic E-state index is 0.0157. The molecule has 1 unspecified atom stereocenters. The maximum Gasteiger partial charge on any atom is 0.308 e. The predicted octanol–water partition coefficient (Wildman–Crippen LogP) is 6.47. The quantitative estimate of drug-likeness (QED) is 0.150. The maximum absolute atomic E-state index is 14.3. The fourth-order valence-corrected chi connectivity index (χ4v) is 6.56. The summed E-state index contributed by atoms with van der Waals surface area (Å²) >= 11 is 0. The van der Waals surface area contributed by atoms with Gasteiger partial charge in [-0.05, 0) is 63.6 Å². The first-order chi connectivity index (χ1) is 22.8. The van der Waals surface area contributed by atoms with Crippen LogP contribution in [0.15, 0.2) is 48.5 Å². The van der Waals surface area contributed by atoms with Crippen molar-refractivity contribution in [3.63, 3.8) is 0 Å². The van der Waals surface area contributed by atoms with Crippen LogP contribution in [-0.2, 0) is 29.6 Å². The summed E-state index contributed by atoms with van der Waals surface area (Å²) in [6.45, 7) is 4.80. The molecule has 0 saturated carbocycles. The van der Waals surface area contributed by atoms with Crippen molar-refractivity contribution >= 4 is 28.4 Å². The normalized spacial score (nSPS) is 21.0. The Hall–Kier alpha value is -4.03. The molecule has 2 aliphatic heterocycles. The van der Waals surface area contributed by atoms with Crippen LogP contribution in [0.2, 0.25) is 0 Å². The molecular formula is C36H40F4N2O6. The molecule has 2 fully saturated rings. The Balaban J connectivity index is 1.44. The zero-order chi connectivity index (χ0) is 34.6. The van der Waals surface area contributed by atoms with Crippen molar-refractivity contribution < 1.29 is 46.2 Å². The molecule has 2 aliphatic rings. The van der Waals surface area contributed by atoms with Gasteiger partial charge in [0, 0.05) is 24.8 Å². The monoisotopic (exact) mass is 672 g/mol. The lowest BCUT2D eigenvalue weighted by molar-refractivity contribution is -0.209. The third-order valence-electron chi connectivity index (χ3n) is 8.66. The zero-order valence-corrected chi connectivity index (χ0v) is 27.3. The van der Waals surface area contributed by atoms with Crippen LogP contribution < -0.4 is 10.1 Å². The van der Waals surface area contributed by atoms with Crippen molar-refractivity contribution in [1.29, 1.82) is 0 Å². The molecule has 48 heavy (non-hydrogen) atoms. The molecule has 3 aromatic rings. The minimum Gasteiger partial charge on any atom is -0.479 e. The van der Waals surface area contributed by atoms with Gasteiger partial charge in [0.1, 0.15) is 24.0 Å². The summed E-state index contributed by atoms with van der Waals surface area (Å²) in [7, 11) is 0. The number of Topliss-reactive ketones (excluding diaryl/α,β-unsaturated/α-hetero) is 1. The molecule has 8 nitrogen and oxygen atoms in total. The van der Waals surface area contributed by atoms with E-state index in [4.69, 9.17) is 14.2 Å². The number of hydrogen-bond acceptors (Lipinski definition) is 7. The Morgan fingerprint density at radius 2 is 1.69 bits per heavy atom. The van der Waals surface area contributed by atoms with E-state index in [9.17, 15) is 31.9 Å². The summed E-state index contributed by atoms with van der Waals surface area (Å²) in [4.78, 5) is 42.5. The minimum atomic E-state index is -1.82. The van der Waals surface area contributed by atoms with Gasteiger partial charge in [-0.25, -0.2) is 8.78 Å². The van der Waals surface area contributed by atoms with E-state index in [2.05, 4.69) is 5.32 Å². The van der Waals surface area contributed by atoms with Crippen molar-refractivity contribution in [3.8, 4) is 5.75 Å². The molecule has 0 aromatic heterocycles. The van der Waals surface area contributed by atoms with Gasteiger partial charge in [0.15, 0.2) is 23.2 Å². The first-order valence-corrected chi connectivity index (χ1v) is 16.2.